The van der Waals surface area contributed by atoms with Gasteiger partial charge in [0.05, 0.1) is 0 Å². The lowest BCUT2D eigenvalue weighted by molar-refractivity contribution is -0.134. The molecule has 0 aromatic rings. The monoisotopic (exact) mass is 220 g/mol. The van der Waals surface area contributed by atoms with Crippen LogP contribution in [0.5, 0.6) is 0 Å². The molecular formula is C7H12ClF3S. The van der Waals surface area contributed by atoms with E-state index in [1.165, 1.54) is 11.8 Å². The van der Waals surface area contributed by atoms with Crippen molar-refractivity contribution in [3.05, 3.63) is 0 Å². The van der Waals surface area contributed by atoms with Crippen LogP contribution in [0.2, 0.25) is 0 Å². The Morgan fingerprint density at radius 2 is 1.67 bits per heavy atom. The zero-order chi connectivity index (χ0) is 9.45. The highest BCUT2D eigenvalue weighted by molar-refractivity contribution is 7.99. The fourth-order valence-corrected chi connectivity index (χ4v) is 1.83. The first-order valence-corrected chi connectivity index (χ1v) is 5.45. The Labute approximate surface area is 79.9 Å². The van der Waals surface area contributed by atoms with Crippen LogP contribution in [0.15, 0.2) is 0 Å². The number of hydrogen-bond donors (Lipinski definition) is 0. The molecule has 0 aliphatic heterocycles. The highest BCUT2D eigenvalue weighted by Gasteiger charge is 2.25. The molecule has 0 spiro atoms. The quantitative estimate of drug-likeness (QED) is 0.486. The summed E-state index contributed by atoms with van der Waals surface area (Å²) >= 11 is 6.93. The number of hydrogen-bond acceptors (Lipinski definition) is 1. The maximum absolute atomic E-state index is 11.6. The van der Waals surface area contributed by atoms with Crippen LogP contribution < -0.4 is 0 Å². The summed E-state index contributed by atoms with van der Waals surface area (Å²) in [4.78, 5) is 0. The van der Waals surface area contributed by atoms with Gasteiger partial charge in [-0.25, -0.2) is 0 Å². The molecule has 0 nitrogen and oxygen atoms in total. The topological polar surface area (TPSA) is 0 Å². The predicted octanol–water partition coefficient (Wildman–Crippen LogP) is 3.69. The first kappa shape index (κ1) is 12.4. The van der Waals surface area contributed by atoms with E-state index in [0.717, 1.165) is 12.2 Å². The molecular weight excluding hydrogens is 209 g/mol. The largest absolute Gasteiger partial charge is 0.389 e. The molecule has 0 rings (SSSR count). The predicted molar refractivity (Wildman–Crippen MR) is 48.0 cm³/mol. The zero-order valence-corrected chi connectivity index (χ0v) is 8.24. The van der Waals surface area contributed by atoms with Crippen LogP contribution in [0, 0.1) is 0 Å². The Kier molecular flexibility index (Phi) is 7.14. The zero-order valence-electron chi connectivity index (χ0n) is 6.66. The summed E-state index contributed by atoms with van der Waals surface area (Å²) in [6.07, 6.45) is -3.57. The van der Waals surface area contributed by atoms with Gasteiger partial charge >= 0.3 is 6.18 Å². The van der Waals surface area contributed by atoms with Crippen LogP contribution in [0.4, 0.5) is 13.2 Å². The van der Waals surface area contributed by atoms with E-state index in [4.69, 9.17) is 11.6 Å². The first-order chi connectivity index (χ1) is 5.56. The second-order valence-corrected chi connectivity index (χ2v) is 3.98. The van der Waals surface area contributed by atoms with Gasteiger partial charge in [0.2, 0.25) is 0 Å². The molecule has 12 heavy (non-hydrogen) atoms. The number of thioether (sulfide) groups is 1. The van der Waals surface area contributed by atoms with Crippen LogP contribution >= 0.6 is 23.4 Å². The van der Waals surface area contributed by atoms with Gasteiger partial charge < -0.3 is 0 Å². The summed E-state index contributed by atoms with van der Waals surface area (Å²) in [5.41, 5.74) is 0. The molecule has 0 saturated heterocycles. The summed E-state index contributed by atoms with van der Waals surface area (Å²) in [7, 11) is 0. The molecule has 0 aliphatic carbocycles. The molecule has 0 heterocycles. The standard InChI is InChI=1S/C7H12ClF3S/c8-4-2-6-12-5-1-3-7(9,10)11/h1-6H2. The number of rotatable bonds is 6. The molecule has 0 aromatic carbocycles. The Morgan fingerprint density at radius 3 is 2.17 bits per heavy atom. The van der Waals surface area contributed by atoms with Crippen molar-refractivity contribution in [2.45, 2.75) is 25.4 Å². The lowest BCUT2D eigenvalue weighted by Crippen LogP contribution is -2.07. The van der Waals surface area contributed by atoms with E-state index in [1.807, 2.05) is 0 Å². The Morgan fingerprint density at radius 1 is 1.08 bits per heavy atom. The lowest BCUT2D eigenvalue weighted by Gasteiger charge is -2.04. The van der Waals surface area contributed by atoms with Crippen molar-refractivity contribution in [1.82, 2.24) is 0 Å². The molecule has 0 saturated carbocycles. The van der Waals surface area contributed by atoms with Crippen molar-refractivity contribution in [3.63, 3.8) is 0 Å². The van der Waals surface area contributed by atoms with Crippen molar-refractivity contribution in [2.75, 3.05) is 17.4 Å². The van der Waals surface area contributed by atoms with Crippen molar-refractivity contribution in [3.8, 4) is 0 Å². The summed E-state index contributed by atoms with van der Waals surface area (Å²) < 4.78 is 34.8. The maximum Gasteiger partial charge on any atom is 0.389 e. The summed E-state index contributed by atoms with van der Waals surface area (Å²) in [5, 5.41) is 0. The Hall–Kier alpha value is 0.430. The van der Waals surface area contributed by atoms with E-state index < -0.39 is 12.6 Å². The van der Waals surface area contributed by atoms with Crippen molar-refractivity contribution >= 4 is 23.4 Å². The Balaban J connectivity index is 3.01. The highest BCUT2D eigenvalue weighted by Crippen LogP contribution is 2.22. The summed E-state index contributed by atoms with van der Waals surface area (Å²) in [6, 6.07) is 0. The van der Waals surface area contributed by atoms with Gasteiger partial charge in [-0.15, -0.1) is 11.6 Å². The normalized spacial score (nSPS) is 12.0. The van der Waals surface area contributed by atoms with E-state index >= 15 is 0 Å². The summed E-state index contributed by atoms with van der Waals surface area (Å²) in [6.45, 7) is 0. The van der Waals surface area contributed by atoms with E-state index in [9.17, 15) is 13.2 Å². The van der Waals surface area contributed by atoms with E-state index in [2.05, 4.69) is 0 Å². The number of alkyl halides is 4. The molecule has 74 valence electrons. The van der Waals surface area contributed by atoms with Gasteiger partial charge in [-0.1, -0.05) is 0 Å². The van der Waals surface area contributed by atoms with Crippen LogP contribution in [0.1, 0.15) is 19.3 Å². The highest BCUT2D eigenvalue weighted by atomic mass is 35.5. The van der Waals surface area contributed by atoms with Gasteiger partial charge in [-0.05, 0) is 24.3 Å². The average molecular weight is 221 g/mol. The molecule has 0 fully saturated rings. The van der Waals surface area contributed by atoms with Gasteiger partial charge in [0, 0.05) is 12.3 Å². The maximum atomic E-state index is 11.6. The van der Waals surface area contributed by atoms with Crippen LogP contribution in [0.3, 0.4) is 0 Å². The van der Waals surface area contributed by atoms with Gasteiger partial charge in [-0.3, -0.25) is 0 Å². The van der Waals surface area contributed by atoms with Crippen molar-refractivity contribution < 1.29 is 13.2 Å². The van der Waals surface area contributed by atoms with E-state index in [-0.39, 0.29) is 6.42 Å². The van der Waals surface area contributed by atoms with Gasteiger partial charge in [-0.2, -0.15) is 24.9 Å². The smallest absolute Gasteiger partial charge is 0.171 e. The molecule has 0 atom stereocenters. The molecule has 0 bridgehead atoms. The minimum atomic E-state index is -3.99. The molecule has 0 aromatic heterocycles. The number of halogens is 4. The molecule has 0 amide bonds. The van der Waals surface area contributed by atoms with E-state index in [0.29, 0.717) is 11.6 Å². The minimum absolute atomic E-state index is 0.219. The molecule has 0 N–H and O–H groups in total. The fraction of sp³-hybridized carbons (Fsp3) is 1.00. The second kappa shape index (κ2) is 6.89. The SMILES string of the molecule is FC(F)(F)CCCSCCCCl. The van der Waals surface area contributed by atoms with Gasteiger partial charge in [0.25, 0.3) is 0 Å². The molecule has 0 aliphatic rings. The third kappa shape index (κ3) is 10.4. The molecule has 0 radical (unpaired) electrons. The van der Waals surface area contributed by atoms with Gasteiger partial charge in [0.1, 0.15) is 0 Å². The van der Waals surface area contributed by atoms with Crippen molar-refractivity contribution in [1.29, 1.82) is 0 Å². The Bertz CT molecular complexity index is 105. The van der Waals surface area contributed by atoms with Crippen LogP contribution in [-0.2, 0) is 0 Å². The second-order valence-electron chi connectivity index (χ2n) is 2.37. The fourth-order valence-electron chi connectivity index (χ4n) is 0.633. The van der Waals surface area contributed by atoms with E-state index in [1.54, 1.807) is 0 Å². The van der Waals surface area contributed by atoms with Crippen LogP contribution in [-0.4, -0.2) is 23.6 Å². The van der Waals surface area contributed by atoms with Crippen molar-refractivity contribution in [2.24, 2.45) is 0 Å². The average Bonchev–Trinajstić information content (AvgIpc) is 1.94. The van der Waals surface area contributed by atoms with Crippen LogP contribution in [0.25, 0.3) is 0 Å². The first-order valence-electron chi connectivity index (χ1n) is 3.77. The third-order valence-electron chi connectivity index (χ3n) is 1.17. The molecule has 0 unspecified atom stereocenters. The summed E-state index contributed by atoms with van der Waals surface area (Å²) in [5.74, 6) is 2.03. The van der Waals surface area contributed by atoms with Gasteiger partial charge in [0.15, 0.2) is 0 Å². The lowest BCUT2D eigenvalue weighted by atomic mass is 10.3. The minimum Gasteiger partial charge on any atom is -0.171 e. The third-order valence-corrected chi connectivity index (χ3v) is 2.59. The molecule has 5 heteroatoms.